The molecule has 0 aromatic heterocycles. The van der Waals surface area contributed by atoms with Crippen molar-refractivity contribution in [1.82, 2.24) is 0 Å². The van der Waals surface area contributed by atoms with E-state index in [1.165, 1.54) is 17.2 Å². The number of benzene rings is 3. The molecule has 0 N–H and O–H groups in total. The molecule has 1 aliphatic rings. The Morgan fingerprint density at radius 3 is 2.00 bits per heavy atom. The van der Waals surface area contributed by atoms with Gasteiger partial charge < -0.3 is 9.47 Å². The van der Waals surface area contributed by atoms with E-state index in [-0.39, 0.29) is 17.9 Å². The van der Waals surface area contributed by atoms with Crippen molar-refractivity contribution < 1.29 is 18.3 Å². The van der Waals surface area contributed by atoms with E-state index < -0.39 is 11.6 Å². The van der Waals surface area contributed by atoms with Crippen LogP contribution < -0.4 is 4.74 Å². The Morgan fingerprint density at radius 1 is 0.812 bits per heavy atom. The molecule has 4 rings (SSSR count). The van der Waals surface area contributed by atoms with E-state index in [0.717, 1.165) is 36.8 Å². The van der Waals surface area contributed by atoms with Crippen LogP contribution in [0.2, 0.25) is 0 Å². The van der Waals surface area contributed by atoms with Crippen LogP contribution in [-0.4, -0.2) is 12.7 Å². The van der Waals surface area contributed by atoms with E-state index in [1.807, 2.05) is 30.5 Å². The molecule has 166 valence electrons. The van der Waals surface area contributed by atoms with Gasteiger partial charge in [-0.15, -0.1) is 0 Å². The number of allylic oxidation sites excluding steroid dienone is 1. The minimum atomic E-state index is -0.953. The van der Waals surface area contributed by atoms with Crippen molar-refractivity contribution in [3.05, 3.63) is 84.1 Å². The van der Waals surface area contributed by atoms with Gasteiger partial charge in [0.05, 0.1) is 19.0 Å². The molecule has 0 spiro atoms. The lowest BCUT2D eigenvalue weighted by molar-refractivity contribution is 0.118. The van der Waals surface area contributed by atoms with Gasteiger partial charge in [-0.25, -0.2) is 4.39 Å². The average molecular weight is 435 g/mol. The Morgan fingerprint density at radius 2 is 1.44 bits per heavy atom. The summed E-state index contributed by atoms with van der Waals surface area (Å²) >= 11 is 0. The fourth-order valence-electron chi connectivity index (χ4n) is 4.11. The van der Waals surface area contributed by atoms with E-state index in [1.54, 1.807) is 13.0 Å². The number of ether oxygens (including phenoxy) is 2. The quantitative estimate of drug-likeness (QED) is 0.375. The van der Waals surface area contributed by atoms with Gasteiger partial charge >= 0.3 is 0 Å². The fraction of sp³-hybridized carbons (Fsp3) is 0.286. The lowest BCUT2D eigenvalue weighted by Gasteiger charge is -2.23. The van der Waals surface area contributed by atoms with Gasteiger partial charge in [-0.1, -0.05) is 61.9 Å². The highest BCUT2D eigenvalue weighted by Crippen LogP contribution is 2.33. The first-order valence-corrected chi connectivity index (χ1v) is 11.3. The highest BCUT2D eigenvalue weighted by molar-refractivity contribution is 5.73. The minimum absolute atomic E-state index is 0.0650. The van der Waals surface area contributed by atoms with Crippen LogP contribution >= 0.6 is 0 Å². The molecule has 0 fully saturated rings. The van der Waals surface area contributed by atoms with E-state index in [0.29, 0.717) is 11.7 Å². The van der Waals surface area contributed by atoms with Gasteiger partial charge in [0.15, 0.2) is 11.6 Å². The topological polar surface area (TPSA) is 18.5 Å². The maximum absolute atomic E-state index is 14.5. The van der Waals surface area contributed by atoms with Crippen LogP contribution in [0.3, 0.4) is 0 Å². The van der Waals surface area contributed by atoms with Crippen molar-refractivity contribution in [2.45, 2.75) is 45.6 Å². The van der Waals surface area contributed by atoms with Crippen molar-refractivity contribution in [2.75, 3.05) is 6.61 Å². The van der Waals surface area contributed by atoms with E-state index in [2.05, 4.69) is 31.2 Å². The zero-order valence-corrected chi connectivity index (χ0v) is 18.5. The van der Waals surface area contributed by atoms with Crippen LogP contribution in [0.1, 0.15) is 45.1 Å². The van der Waals surface area contributed by atoms with E-state index >= 15 is 0 Å². The molecule has 4 heteroatoms. The Kier molecular flexibility index (Phi) is 6.89. The normalized spacial score (nSPS) is 15.8. The highest BCUT2D eigenvalue weighted by atomic mass is 19.2. The van der Waals surface area contributed by atoms with Gasteiger partial charge in [0.1, 0.15) is 0 Å². The molecule has 0 saturated heterocycles. The molecule has 1 aliphatic heterocycles. The van der Waals surface area contributed by atoms with Crippen LogP contribution in [0.4, 0.5) is 8.78 Å². The molecule has 3 aromatic carbocycles. The van der Waals surface area contributed by atoms with E-state index in [4.69, 9.17) is 9.47 Å². The molecule has 0 radical (unpaired) electrons. The summed E-state index contributed by atoms with van der Waals surface area (Å²) in [6, 6.07) is 18.9. The van der Waals surface area contributed by atoms with Gasteiger partial charge in [-0.2, -0.15) is 4.39 Å². The number of hydrogen-bond acceptors (Lipinski definition) is 2. The predicted molar refractivity (Wildman–Crippen MR) is 125 cm³/mol. The van der Waals surface area contributed by atoms with Crippen molar-refractivity contribution in [3.8, 4) is 28.0 Å². The largest absolute Gasteiger partial charge is 0.498 e. The number of halogens is 2. The van der Waals surface area contributed by atoms with Crippen molar-refractivity contribution in [1.29, 1.82) is 0 Å². The molecule has 2 nitrogen and oxygen atoms in total. The number of rotatable bonds is 7. The standard InChI is InChI=1S/C28H28F2O2/c1-3-5-24-15-14-23(18-32-24)21-8-6-19(7-9-21)20-10-12-22(13-11-20)25-16-17-26(31-4-2)28(30)27(25)29/h6-13,16-18,24H,3-5,14-15H2,1-2H3. The second-order valence-electron chi connectivity index (χ2n) is 8.06. The zero-order chi connectivity index (χ0) is 22.5. The second-order valence-corrected chi connectivity index (χ2v) is 8.06. The summed E-state index contributed by atoms with van der Waals surface area (Å²) in [5, 5.41) is 0. The van der Waals surface area contributed by atoms with Crippen molar-refractivity contribution in [2.24, 2.45) is 0 Å². The molecule has 0 bridgehead atoms. The molecule has 1 atom stereocenters. The zero-order valence-electron chi connectivity index (χ0n) is 18.5. The molecule has 32 heavy (non-hydrogen) atoms. The van der Waals surface area contributed by atoms with Gasteiger partial charge in [-0.05, 0) is 66.1 Å². The van der Waals surface area contributed by atoms with Crippen LogP contribution in [0.25, 0.3) is 27.8 Å². The molecule has 1 heterocycles. The van der Waals surface area contributed by atoms with Gasteiger partial charge in [0.25, 0.3) is 0 Å². The average Bonchev–Trinajstić information content (AvgIpc) is 2.83. The maximum atomic E-state index is 14.5. The summed E-state index contributed by atoms with van der Waals surface area (Å²) < 4.78 is 39.7. The van der Waals surface area contributed by atoms with Crippen molar-refractivity contribution in [3.63, 3.8) is 0 Å². The summed E-state index contributed by atoms with van der Waals surface area (Å²) in [6.07, 6.45) is 6.59. The molecule has 0 saturated carbocycles. The lowest BCUT2D eigenvalue weighted by atomic mass is 9.95. The summed E-state index contributed by atoms with van der Waals surface area (Å²) in [4.78, 5) is 0. The SMILES string of the molecule is CCCC1CCC(c2ccc(-c3ccc(-c4ccc(OCC)c(F)c4F)cc3)cc2)=CO1. The predicted octanol–water partition coefficient (Wildman–Crippen LogP) is 8.02. The van der Waals surface area contributed by atoms with Crippen LogP contribution in [0, 0.1) is 11.6 Å². The summed E-state index contributed by atoms with van der Waals surface area (Å²) in [7, 11) is 0. The summed E-state index contributed by atoms with van der Waals surface area (Å²) in [5.74, 6) is -1.91. The molecule has 3 aromatic rings. The van der Waals surface area contributed by atoms with Crippen LogP contribution in [0.5, 0.6) is 5.75 Å². The molecular formula is C28H28F2O2. The number of hydrogen-bond donors (Lipinski definition) is 0. The van der Waals surface area contributed by atoms with E-state index in [9.17, 15) is 8.78 Å². The first kappa shape index (κ1) is 22.1. The van der Waals surface area contributed by atoms with Crippen molar-refractivity contribution >= 4 is 5.57 Å². The Hall–Kier alpha value is -3.14. The van der Waals surface area contributed by atoms with Gasteiger partial charge in [-0.3, -0.25) is 0 Å². The summed E-state index contributed by atoms with van der Waals surface area (Å²) in [5.41, 5.74) is 5.33. The third-order valence-corrected chi connectivity index (χ3v) is 5.88. The highest BCUT2D eigenvalue weighted by Gasteiger charge is 2.17. The fourth-order valence-corrected chi connectivity index (χ4v) is 4.11. The van der Waals surface area contributed by atoms with Crippen LogP contribution in [-0.2, 0) is 4.74 Å². The Balaban J connectivity index is 1.50. The second kappa shape index (κ2) is 9.99. The minimum Gasteiger partial charge on any atom is -0.498 e. The van der Waals surface area contributed by atoms with Gasteiger partial charge in [0, 0.05) is 5.56 Å². The van der Waals surface area contributed by atoms with Gasteiger partial charge in [0.2, 0.25) is 5.82 Å². The smallest absolute Gasteiger partial charge is 0.201 e. The summed E-state index contributed by atoms with van der Waals surface area (Å²) in [6.45, 7) is 4.20. The van der Waals surface area contributed by atoms with Crippen LogP contribution in [0.15, 0.2) is 66.9 Å². The first-order valence-electron chi connectivity index (χ1n) is 11.3. The monoisotopic (exact) mass is 434 g/mol. The first-order chi connectivity index (χ1) is 15.6. The molecule has 0 aliphatic carbocycles. The third-order valence-electron chi connectivity index (χ3n) is 5.88. The Labute approximate surface area is 188 Å². The molecule has 0 amide bonds. The Bertz CT molecular complexity index is 1090. The maximum Gasteiger partial charge on any atom is 0.201 e. The molecular weight excluding hydrogens is 406 g/mol. The lowest BCUT2D eigenvalue weighted by Crippen LogP contribution is -2.13. The molecule has 1 unspecified atom stereocenters. The third kappa shape index (κ3) is 4.69.